The highest BCUT2D eigenvalue weighted by Crippen LogP contribution is 2.40. The molecule has 0 radical (unpaired) electrons. The minimum absolute atomic E-state index is 0.00665. The second kappa shape index (κ2) is 13.5. The molecule has 0 spiro atoms. The Morgan fingerprint density at radius 1 is 1.21 bits per heavy atom. The maximum Gasteiger partial charge on any atom is 0.418 e. The van der Waals surface area contributed by atoms with Gasteiger partial charge in [0, 0.05) is 23.9 Å². The second-order valence-corrected chi connectivity index (χ2v) is 9.52. The lowest BCUT2D eigenvalue weighted by Crippen LogP contribution is -2.27. The van der Waals surface area contributed by atoms with Crippen molar-refractivity contribution in [1.29, 1.82) is 0 Å². The van der Waals surface area contributed by atoms with Crippen molar-refractivity contribution < 1.29 is 45.8 Å². The molecule has 224 valence electrons. The minimum atomic E-state index is -4.93. The average Bonchev–Trinajstić information content (AvgIpc) is 3.42. The van der Waals surface area contributed by atoms with Gasteiger partial charge in [0.25, 0.3) is 5.91 Å². The van der Waals surface area contributed by atoms with Crippen LogP contribution in [0.25, 0.3) is 11.1 Å². The van der Waals surface area contributed by atoms with Gasteiger partial charge in [-0.25, -0.2) is 8.78 Å². The Morgan fingerprint density at radius 2 is 1.93 bits per heavy atom. The number of ether oxygens (including phenoxy) is 1. The Balaban J connectivity index is 1.91. The number of alkyl halides is 3. The van der Waals surface area contributed by atoms with Crippen molar-refractivity contribution in [2.45, 2.75) is 26.4 Å². The molecule has 42 heavy (non-hydrogen) atoms. The summed E-state index contributed by atoms with van der Waals surface area (Å²) in [5.41, 5.74) is 3.78. The zero-order chi connectivity index (χ0) is 31.2. The summed E-state index contributed by atoms with van der Waals surface area (Å²) >= 11 is 5.77. The lowest BCUT2D eigenvalue weighted by atomic mass is 9.94. The van der Waals surface area contributed by atoms with Crippen LogP contribution in [-0.2, 0) is 22.2 Å². The molecule has 3 rings (SSSR count). The van der Waals surface area contributed by atoms with Crippen molar-refractivity contribution in [3.05, 3.63) is 82.4 Å². The van der Waals surface area contributed by atoms with E-state index in [-0.39, 0.29) is 46.9 Å². The van der Waals surface area contributed by atoms with Crippen LogP contribution in [0.1, 0.15) is 25.0 Å². The molecule has 0 saturated heterocycles. The number of furan rings is 1. The van der Waals surface area contributed by atoms with Crippen molar-refractivity contribution >= 4 is 34.9 Å². The number of aliphatic carboxylic acids is 1. The number of hydrogen-bond donors (Lipinski definition) is 3. The third-order valence-electron chi connectivity index (χ3n) is 5.80. The zero-order valence-electron chi connectivity index (χ0n) is 22.2. The third-order valence-corrected chi connectivity index (χ3v) is 6.16. The summed E-state index contributed by atoms with van der Waals surface area (Å²) in [6.45, 7) is 2.95. The Labute approximate surface area is 241 Å². The first-order valence-corrected chi connectivity index (χ1v) is 12.6. The molecule has 1 aromatic heterocycles. The summed E-state index contributed by atoms with van der Waals surface area (Å²) in [7, 11) is 0. The standard InChI is InChI=1S/C28H25ClF5N3O5/c1-14(2)26(36-4-6-42-23-10-17(30)9-21(31)25(23)29)19(12-35)27(40)37-22-7-16(8-24(38)39)18(15-3-5-41-13-15)11-20(22)28(32,33)34/h3,5,7,9-14H,4,6,8,35H2,1-2H3,(H,37,40)(H,38,39). The van der Waals surface area contributed by atoms with Crippen LogP contribution in [0.3, 0.4) is 0 Å². The van der Waals surface area contributed by atoms with E-state index in [1.807, 2.05) is 0 Å². The van der Waals surface area contributed by atoms with Crippen LogP contribution in [0.5, 0.6) is 5.75 Å². The molecule has 0 fully saturated rings. The van der Waals surface area contributed by atoms with Crippen LogP contribution >= 0.6 is 11.6 Å². The molecule has 14 heteroatoms. The van der Waals surface area contributed by atoms with Gasteiger partial charge in [-0.05, 0) is 35.2 Å². The molecule has 2 aromatic carbocycles. The fraction of sp³-hybridized carbons (Fsp3) is 0.250. The summed E-state index contributed by atoms with van der Waals surface area (Å²) in [6.07, 6.45) is -2.30. The van der Waals surface area contributed by atoms with Crippen LogP contribution < -0.4 is 15.8 Å². The molecule has 0 saturated carbocycles. The number of benzene rings is 2. The first-order chi connectivity index (χ1) is 19.7. The summed E-state index contributed by atoms with van der Waals surface area (Å²) in [4.78, 5) is 28.9. The molecular weight excluding hydrogens is 589 g/mol. The van der Waals surface area contributed by atoms with E-state index >= 15 is 0 Å². The van der Waals surface area contributed by atoms with Crippen molar-refractivity contribution in [2.75, 3.05) is 18.5 Å². The predicted molar refractivity (Wildman–Crippen MR) is 145 cm³/mol. The van der Waals surface area contributed by atoms with Gasteiger partial charge in [0.2, 0.25) is 0 Å². The molecule has 4 N–H and O–H groups in total. The van der Waals surface area contributed by atoms with Crippen LogP contribution in [0.2, 0.25) is 5.02 Å². The maximum atomic E-state index is 14.1. The van der Waals surface area contributed by atoms with Crippen molar-refractivity contribution in [2.24, 2.45) is 16.6 Å². The quantitative estimate of drug-likeness (QED) is 0.0747. The van der Waals surface area contributed by atoms with Gasteiger partial charge in [0.15, 0.2) is 0 Å². The fourth-order valence-electron chi connectivity index (χ4n) is 3.98. The van der Waals surface area contributed by atoms with Gasteiger partial charge in [0.1, 0.15) is 29.0 Å². The smallest absolute Gasteiger partial charge is 0.418 e. The number of rotatable bonds is 11. The number of amides is 1. The molecular formula is C28H25ClF5N3O5. The molecule has 0 aliphatic carbocycles. The normalized spacial score (nSPS) is 12.5. The summed E-state index contributed by atoms with van der Waals surface area (Å²) in [5.74, 6) is -4.99. The number of carbonyl (C=O) groups excluding carboxylic acids is 1. The van der Waals surface area contributed by atoms with Gasteiger partial charge in [-0.15, -0.1) is 0 Å². The van der Waals surface area contributed by atoms with Crippen molar-refractivity contribution in [1.82, 2.24) is 0 Å². The Kier molecular flexibility index (Phi) is 10.3. The number of aliphatic imine (C=N–C) groups is 1. The predicted octanol–water partition coefficient (Wildman–Crippen LogP) is 6.48. The van der Waals surface area contributed by atoms with Crippen LogP contribution in [-0.4, -0.2) is 35.8 Å². The van der Waals surface area contributed by atoms with Crippen LogP contribution in [0.4, 0.5) is 27.6 Å². The SMILES string of the molecule is CC(C)C(=NCCOc1cc(F)cc(F)c1Cl)C(=CN)C(=O)Nc1cc(CC(=O)O)c(-c2ccoc2)cc1C(F)(F)F. The van der Waals surface area contributed by atoms with E-state index in [9.17, 15) is 36.6 Å². The zero-order valence-corrected chi connectivity index (χ0v) is 22.9. The number of anilines is 1. The monoisotopic (exact) mass is 613 g/mol. The van der Waals surface area contributed by atoms with Gasteiger partial charge in [-0.1, -0.05) is 25.4 Å². The minimum Gasteiger partial charge on any atom is -0.490 e. The summed E-state index contributed by atoms with van der Waals surface area (Å²) in [6, 6.07) is 4.52. The number of nitrogens with one attached hydrogen (secondary N) is 1. The third kappa shape index (κ3) is 7.87. The number of nitrogens with zero attached hydrogens (tertiary/aromatic N) is 1. The molecule has 0 unspecified atom stereocenters. The molecule has 1 amide bonds. The Bertz CT molecular complexity index is 1520. The van der Waals surface area contributed by atoms with Gasteiger partial charge in [-0.2, -0.15) is 13.2 Å². The van der Waals surface area contributed by atoms with E-state index in [1.54, 1.807) is 13.8 Å². The number of carbonyl (C=O) groups is 2. The highest BCUT2D eigenvalue weighted by Gasteiger charge is 2.36. The first kappa shape index (κ1) is 32.1. The molecule has 0 aliphatic heterocycles. The van der Waals surface area contributed by atoms with Crippen LogP contribution in [0.15, 0.2) is 64.0 Å². The topological polar surface area (TPSA) is 127 Å². The van der Waals surface area contributed by atoms with Gasteiger partial charge < -0.3 is 25.3 Å². The molecule has 0 aliphatic rings. The molecule has 3 aromatic rings. The van der Waals surface area contributed by atoms with E-state index < -0.39 is 58.3 Å². The fourth-order valence-corrected chi connectivity index (χ4v) is 4.15. The van der Waals surface area contributed by atoms with E-state index in [0.29, 0.717) is 6.07 Å². The van der Waals surface area contributed by atoms with Crippen LogP contribution in [0, 0.1) is 17.6 Å². The van der Waals surface area contributed by atoms with E-state index in [0.717, 1.165) is 24.4 Å². The van der Waals surface area contributed by atoms with Crippen molar-refractivity contribution in [3.63, 3.8) is 0 Å². The first-order valence-electron chi connectivity index (χ1n) is 12.3. The van der Waals surface area contributed by atoms with E-state index in [4.69, 9.17) is 26.5 Å². The van der Waals surface area contributed by atoms with Gasteiger partial charge in [0.05, 0.1) is 48.0 Å². The van der Waals surface area contributed by atoms with E-state index in [1.165, 1.54) is 18.6 Å². The van der Waals surface area contributed by atoms with E-state index in [2.05, 4.69) is 10.3 Å². The number of carboxylic acid groups (broad SMARTS) is 1. The largest absolute Gasteiger partial charge is 0.490 e. The molecule has 8 nitrogen and oxygen atoms in total. The lowest BCUT2D eigenvalue weighted by molar-refractivity contribution is -0.137. The number of nitrogens with two attached hydrogens (primary N) is 1. The number of halogens is 6. The summed E-state index contributed by atoms with van der Waals surface area (Å²) < 4.78 is 79.6. The summed E-state index contributed by atoms with van der Waals surface area (Å²) in [5, 5.41) is 11.1. The highest BCUT2D eigenvalue weighted by molar-refractivity contribution is 6.32. The lowest BCUT2D eigenvalue weighted by Gasteiger charge is -2.19. The number of hydrogen-bond acceptors (Lipinski definition) is 6. The maximum absolute atomic E-state index is 14.1. The average molecular weight is 614 g/mol. The molecule has 1 heterocycles. The van der Waals surface area contributed by atoms with Gasteiger partial charge >= 0.3 is 12.1 Å². The number of carboxylic acids is 1. The van der Waals surface area contributed by atoms with Gasteiger partial charge in [-0.3, -0.25) is 14.6 Å². The second-order valence-electron chi connectivity index (χ2n) is 9.14. The molecule has 0 bridgehead atoms. The molecule has 0 atom stereocenters. The highest BCUT2D eigenvalue weighted by atomic mass is 35.5. The Morgan fingerprint density at radius 3 is 2.50 bits per heavy atom. The van der Waals surface area contributed by atoms with Crippen molar-refractivity contribution in [3.8, 4) is 16.9 Å². The Hall–Kier alpha value is -4.39.